The minimum atomic E-state index is 0.596. The molecular weight excluding hydrogens is 222 g/mol. The summed E-state index contributed by atoms with van der Waals surface area (Å²) in [4.78, 5) is 7.16. The number of hydrogen-bond donors (Lipinski definition) is 1. The molecule has 0 amide bonds. The molecule has 0 aromatic carbocycles. The van der Waals surface area contributed by atoms with Crippen molar-refractivity contribution in [1.29, 1.82) is 0 Å². The van der Waals surface area contributed by atoms with E-state index in [2.05, 4.69) is 30.9 Å². The van der Waals surface area contributed by atoms with Crippen molar-refractivity contribution >= 4 is 5.82 Å². The zero-order valence-corrected chi connectivity index (χ0v) is 11.7. The van der Waals surface area contributed by atoms with Crippen LogP contribution in [0.15, 0.2) is 12.1 Å². The van der Waals surface area contributed by atoms with Crippen molar-refractivity contribution in [2.45, 2.75) is 58.5 Å². The minimum absolute atomic E-state index is 0.596. The Morgan fingerprint density at radius 2 is 2.00 bits per heavy atom. The summed E-state index contributed by atoms with van der Waals surface area (Å²) in [7, 11) is 0. The van der Waals surface area contributed by atoms with Crippen molar-refractivity contribution in [3.05, 3.63) is 23.4 Å². The molecule has 1 aromatic rings. The smallest absolute Gasteiger partial charge is 0.129 e. The third-order valence-electron chi connectivity index (χ3n) is 3.89. The number of rotatable bonds is 4. The average Bonchev–Trinajstić information content (AvgIpc) is 2.40. The van der Waals surface area contributed by atoms with Gasteiger partial charge < -0.3 is 10.6 Å². The van der Waals surface area contributed by atoms with Gasteiger partial charge in [0.25, 0.3) is 0 Å². The van der Waals surface area contributed by atoms with Gasteiger partial charge in [0.15, 0.2) is 0 Å². The molecule has 0 radical (unpaired) electrons. The van der Waals surface area contributed by atoms with Crippen molar-refractivity contribution in [1.82, 2.24) is 4.98 Å². The number of aromatic nitrogens is 1. The SMILES string of the molecule is CCN(c1cc(CN)cc(C)n1)C1CCCCC1. The van der Waals surface area contributed by atoms with Crippen LogP contribution in [-0.4, -0.2) is 17.6 Å². The minimum Gasteiger partial charge on any atom is -0.354 e. The summed E-state index contributed by atoms with van der Waals surface area (Å²) < 4.78 is 0. The first-order valence-corrected chi connectivity index (χ1v) is 7.19. The maximum absolute atomic E-state index is 5.76. The summed E-state index contributed by atoms with van der Waals surface area (Å²) in [5.41, 5.74) is 8.02. The average molecular weight is 247 g/mol. The monoisotopic (exact) mass is 247 g/mol. The highest BCUT2D eigenvalue weighted by atomic mass is 15.2. The van der Waals surface area contributed by atoms with Crippen molar-refractivity contribution in [3.63, 3.8) is 0 Å². The third kappa shape index (κ3) is 3.02. The van der Waals surface area contributed by atoms with Gasteiger partial charge >= 0.3 is 0 Å². The number of hydrogen-bond acceptors (Lipinski definition) is 3. The van der Waals surface area contributed by atoms with E-state index in [1.54, 1.807) is 0 Å². The fourth-order valence-electron chi connectivity index (χ4n) is 2.99. The summed E-state index contributed by atoms with van der Waals surface area (Å²) >= 11 is 0. The zero-order chi connectivity index (χ0) is 13.0. The van der Waals surface area contributed by atoms with Gasteiger partial charge in [-0.3, -0.25) is 0 Å². The molecular formula is C15H25N3. The Hall–Kier alpha value is -1.09. The second-order valence-corrected chi connectivity index (χ2v) is 5.26. The van der Waals surface area contributed by atoms with Crippen LogP contribution in [0.4, 0.5) is 5.82 Å². The van der Waals surface area contributed by atoms with Crippen LogP contribution in [0.2, 0.25) is 0 Å². The number of aryl methyl sites for hydroxylation is 1. The van der Waals surface area contributed by atoms with E-state index in [4.69, 9.17) is 10.7 Å². The van der Waals surface area contributed by atoms with Crippen LogP contribution in [-0.2, 0) is 6.54 Å². The number of anilines is 1. The van der Waals surface area contributed by atoms with Crippen molar-refractivity contribution in [2.24, 2.45) is 5.73 Å². The number of nitrogens with two attached hydrogens (primary N) is 1. The molecule has 100 valence electrons. The summed E-state index contributed by atoms with van der Waals surface area (Å²) in [6.07, 6.45) is 6.72. The maximum atomic E-state index is 5.76. The van der Waals surface area contributed by atoms with Gasteiger partial charge in [0, 0.05) is 24.8 Å². The Bertz CT molecular complexity index is 383. The molecule has 1 aliphatic rings. The maximum Gasteiger partial charge on any atom is 0.129 e. The summed E-state index contributed by atoms with van der Waals surface area (Å²) in [5, 5.41) is 0. The van der Waals surface area contributed by atoms with E-state index in [1.807, 2.05) is 0 Å². The topological polar surface area (TPSA) is 42.1 Å². The number of pyridine rings is 1. The van der Waals surface area contributed by atoms with E-state index in [-0.39, 0.29) is 0 Å². The molecule has 3 nitrogen and oxygen atoms in total. The van der Waals surface area contributed by atoms with E-state index in [0.717, 1.165) is 18.1 Å². The predicted molar refractivity (Wildman–Crippen MR) is 76.8 cm³/mol. The Balaban J connectivity index is 2.22. The van der Waals surface area contributed by atoms with Crippen LogP contribution in [0.3, 0.4) is 0 Å². The van der Waals surface area contributed by atoms with Crippen molar-refractivity contribution in [2.75, 3.05) is 11.4 Å². The summed E-state index contributed by atoms with van der Waals surface area (Å²) in [6, 6.07) is 4.91. The van der Waals surface area contributed by atoms with E-state index in [9.17, 15) is 0 Å². The van der Waals surface area contributed by atoms with Gasteiger partial charge in [0.1, 0.15) is 5.82 Å². The van der Waals surface area contributed by atoms with Crippen LogP contribution in [0.25, 0.3) is 0 Å². The van der Waals surface area contributed by atoms with Crippen LogP contribution >= 0.6 is 0 Å². The van der Waals surface area contributed by atoms with Gasteiger partial charge in [-0.05, 0) is 44.4 Å². The predicted octanol–water partition coefficient (Wildman–Crippen LogP) is 3.01. The molecule has 1 fully saturated rings. The molecule has 0 bridgehead atoms. The molecule has 1 saturated carbocycles. The lowest BCUT2D eigenvalue weighted by molar-refractivity contribution is 0.416. The highest BCUT2D eigenvalue weighted by molar-refractivity contribution is 5.43. The Labute approximate surface area is 110 Å². The fourth-order valence-corrected chi connectivity index (χ4v) is 2.99. The molecule has 0 spiro atoms. The van der Waals surface area contributed by atoms with Crippen LogP contribution in [0.5, 0.6) is 0 Å². The van der Waals surface area contributed by atoms with E-state index >= 15 is 0 Å². The van der Waals surface area contributed by atoms with Crippen LogP contribution in [0, 0.1) is 6.92 Å². The van der Waals surface area contributed by atoms with Gasteiger partial charge in [0.05, 0.1) is 0 Å². The summed E-state index contributed by atoms with van der Waals surface area (Å²) in [6.45, 7) is 5.90. The van der Waals surface area contributed by atoms with Gasteiger partial charge in [-0.15, -0.1) is 0 Å². The Kier molecular flexibility index (Phi) is 4.59. The largest absolute Gasteiger partial charge is 0.354 e. The van der Waals surface area contributed by atoms with Crippen LogP contribution in [0.1, 0.15) is 50.3 Å². The van der Waals surface area contributed by atoms with Crippen molar-refractivity contribution < 1.29 is 0 Å². The van der Waals surface area contributed by atoms with Gasteiger partial charge in [-0.1, -0.05) is 19.3 Å². The zero-order valence-electron chi connectivity index (χ0n) is 11.7. The van der Waals surface area contributed by atoms with E-state index in [1.165, 1.54) is 37.7 Å². The molecule has 18 heavy (non-hydrogen) atoms. The molecule has 1 aromatic heterocycles. The molecule has 3 heteroatoms. The van der Waals surface area contributed by atoms with Crippen molar-refractivity contribution in [3.8, 4) is 0 Å². The van der Waals surface area contributed by atoms with E-state index in [0.29, 0.717) is 12.6 Å². The highest BCUT2D eigenvalue weighted by Gasteiger charge is 2.21. The van der Waals surface area contributed by atoms with Gasteiger partial charge in [-0.2, -0.15) is 0 Å². The van der Waals surface area contributed by atoms with E-state index < -0.39 is 0 Å². The molecule has 1 heterocycles. The second-order valence-electron chi connectivity index (χ2n) is 5.26. The van der Waals surface area contributed by atoms with Crippen LogP contribution < -0.4 is 10.6 Å². The summed E-state index contributed by atoms with van der Waals surface area (Å²) in [5.74, 6) is 1.12. The lowest BCUT2D eigenvalue weighted by Gasteiger charge is -2.34. The fraction of sp³-hybridized carbons (Fsp3) is 0.667. The first-order valence-electron chi connectivity index (χ1n) is 7.19. The molecule has 0 aliphatic heterocycles. The molecule has 0 saturated heterocycles. The lowest BCUT2D eigenvalue weighted by Crippen LogP contribution is -2.37. The Morgan fingerprint density at radius 1 is 1.28 bits per heavy atom. The van der Waals surface area contributed by atoms with Gasteiger partial charge in [-0.25, -0.2) is 4.98 Å². The Morgan fingerprint density at radius 3 is 2.61 bits per heavy atom. The molecule has 0 unspecified atom stereocenters. The third-order valence-corrected chi connectivity index (χ3v) is 3.89. The molecule has 2 rings (SSSR count). The lowest BCUT2D eigenvalue weighted by atomic mass is 9.94. The normalized spacial score (nSPS) is 16.8. The first kappa shape index (κ1) is 13.3. The molecule has 1 aliphatic carbocycles. The molecule has 2 N–H and O–H groups in total. The highest BCUT2D eigenvalue weighted by Crippen LogP contribution is 2.26. The quantitative estimate of drug-likeness (QED) is 0.889. The number of nitrogens with zero attached hydrogens (tertiary/aromatic N) is 2. The van der Waals surface area contributed by atoms with Gasteiger partial charge in [0.2, 0.25) is 0 Å². The second kappa shape index (κ2) is 6.19. The molecule has 0 atom stereocenters. The standard InChI is InChI=1S/C15H25N3/c1-3-18(14-7-5-4-6-8-14)15-10-13(11-16)9-12(2)17-15/h9-10,14H,3-8,11,16H2,1-2H3. The first-order chi connectivity index (χ1) is 8.74.